The number of nitrogens with zero attached hydrogens (tertiary/aromatic N) is 1. The molecule has 2 aromatic carbocycles. The molecule has 33 heavy (non-hydrogen) atoms. The summed E-state index contributed by atoms with van der Waals surface area (Å²) in [5.41, 5.74) is 5.07. The maximum absolute atomic E-state index is 12.2. The smallest absolute Gasteiger partial charge is 0.338 e. The largest absolute Gasteiger partial charge is 0.456 e. The number of hydrogen-bond acceptors (Lipinski definition) is 4. The van der Waals surface area contributed by atoms with Crippen LogP contribution >= 0.6 is 0 Å². The molecule has 2 unspecified atom stereocenters. The molecule has 2 aromatic rings. The van der Waals surface area contributed by atoms with Crippen molar-refractivity contribution in [3.05, 3.63) is 70.8 Å². The second-order valence-corrected chi connectivity index (χ2v) is 11.4. The number of hydrogen-bond donors (Lipinski definition) is 1. The molecule has 2 fully saturated rings. The van der Waals surface area contributed by atoms with E-state index in [1.54, 1.807) is 11.1 Å². The summed E-state index contributed by atoms with van der Waals surface area (Å²) < 4.78 is 5.46. The first-order valence-electron chi connectivity index (χ1n) is 12.7. The molecule has 0 aromatic heterocycles. The maximum Gasteiger partial charge on any atom is 0.338 e. The molecule has 1 N–H and O–H groups in total. The minimum atomic E-state index is -0.462. The average molecular weight is 447 g/mol. The van der Waals surface area contributed by atoms with E-state index in [0.717, 1.165) is 32.1 Å². The molecule has 3 aliphatic rings. The first kappa shape index (κ1) is 22.6. The molecule has 1 saturated heterocycles. The van der Waals surface area contributed by atoms with Crippen LogP contribution in [0.5, 0.6) is 0 Å². The Morgan fingerprint density at radius 3 is 2.55 bits per heavy atom. The number of aryl methyl sites for hydroxylation is 1. The van der Waals surface area contributed by atoms with E-state index in [0.29, 0.717) is 17.0 Å². The van der Waals surface area contributed by atoms with Gasteiger partial charge in [-0.05, 0) is 107 Å². The number of esters is 1. The van der Waals surface area contributed by atoms with Gasteiger partial charge in [-0.2, -0.15) is 0 Å². The van der Waals surface area contributed by atoms with Gasteiger partial charge in [0.25, 0.3) is 0 Å². The topological polar surface area (TPSA) is 41.6 Å². The summed E-state index contributed by atoms with van der Waals surface area (Å²) in [6, 6.07) is 17.7. The Labute approximate surface area is 198 Å². The van der Waals surface area contributed by atoms with Gasteiger partial charge in [-0.25, -0.2) is 4.79 Å². The van der Waals surface area contributed by atoms with Gasteiger partial charge in [0.05, 0.1) is 5.56 Å². The predicted octanol–water partition coefficient (Wildman–Crippen LogP) is 5.10. The minimum absolute atomic E-state index is 0.249. The van der Waals surface area contributed by atoms with Crippen molar-refractivity contribution in [2.45, 2.75) is 76.5 Å². The summed E-state index contributed by atoms with van der Waals surface area (Å²) in [4.78, 5) is 14.8. The van der Waals surface area contributed by atoms with Crippen LogP contribution in [0.1, 0.15) is 73.5 Å². The fourth-order valence-electron chi connectivity index (χ4n) is 5.86. The zero-order valence-electron chi connectivity index (χ0n) is 20.4. The van der Waals surface area contributed by atoms with Crippen molar-refractivity contribution in [3.8, 4) is 0 Å². The van der Waals surface area contributed by atoms with Crippen LogP contribution < -0.4 is 5.32 Å². The monoisotopic (exact) mass is 446 g/mol. The van der Waals surface area contributed by atoms with Crippen molar-refractivity contribution in [1.82, 2.24) is 10.2 Å². The molecule has 1 heterocycles. The summed E-state index contributed by atoms with van der Waals surface area (Å²) in [6.07, 6.45) is 6.43. The Kier molecular flexibility index (Phi) is 6.09. The predicted molar refractivity (Wildman–Crippen MR) is 132 cm³/mol. The first-order chi connectivity index (χ1) is 15.8. The maximum atomic E-state index is 12.2. The normalized spacial score (nSPS) is 25.2. The molecule has 2 atom stereocenters. The van der Waals surface area contributed by atoms with Crippen LogP contribution in [0.25, 0.3) is 0 Å². The summed E-state index contributed by atoms with van der Waals surface area (Å²) in [7, 11) is 0. The lowest BCUT2D eigenvalue weighted by Gasteiger charge is -2.32. The second-order valence-electron chi connectivity index (χ2n) is 11.4. The lowest BCUT2D eigenvalue weighted by atomic mass is 9.95. The van der Waals surface area contributed by atoms with Gasteiger partial charge in [-0.3, -0.25) is 4.90 Å². The number of piperidine rings is 1. The Hall–Kier alpha value is -2.17. The van der Waals surface area contributed by atoms with Gasteiger partial charge in [-0.15, -0.1) is 0 Å². The van der Waals surface area contributed by atoms with Gasteiger partial charge in [0.15, 0.2) is 0 Å². The van der Waals surface area contributed by atoms with Crippen molar-refractivity contribution in [2.24, 2.45) is 5.92 Å². The molecule has 5 rings (SSSR count). The fraction of sp³-hybridized carbons (Fsp3) is 0.552. The minimum Gasteiger partial charge on any atom is -0.456 e. The third kappa shape index (κ3) is 5.02. The van der Waals surface area contributed by atoms with Gasteiger partial charge >= 0.3 is 5.97 Å². The third-order valence-corrected chi connectivity index (χ3v) is 7.82. The molecule has 4 nitrogen and oxygen atoms in total. The lowest BCUT2D eigenvalue weighted by molar-refractivity contribution is 0.00695. The van der Waals surface area contributed by atoms with E-state index in [2.05, 4.69) is 46.6 Å². The molecule has 1 aliphatic heterocycles. The van der Waals surface area contributed by atoms with Crippen LogP contribution in [0, 0.1) is 5.92 Å². The fourth-order valence-corrected chi connectivity index (χ4v) is 5.86. The van der Waals surface area contributed by atoms with Gasteiger partial charge in [0.1, 0.15) is 5.60 Å². The Balaban J connectivity index is 1.05. The molecule has 176 valence electrons. The van der Waals surface area contributed by atoms with Crippen LogP contribution in [-0.2, 0) is 23.1 Å². The molecule has 1 spiro atoms. The Morgan fingerprint density at radius 2 is 1.82 bits per heavy atom. The second kappa shape index (κ2) is 8.88. The van der Waals surface area contributed by atoms with E-state index in [-0.39, 0.29) is 5.97 Å². The molecular formula is C29H38N2O2. The number of fused-ring (bicyclic) bond motifs is 2. The molecule has 0 radical (unpaired) electrons. The van der Waals surface area contributed by atoms with E-state index in [1.165, 1.54) is 37.7 Å². The highest BCUT2D eigenvalue weighted by Gasteiger charge is 2.57. The molecule has 4 heteroatoms. The highest BCUT2D eigenvalue weighted by molar-refractivity contribution is 5.89. The van der Waals surface area contributed by atoms with Crippen LogP contribution in [0.15, 0.2) is 48.5 Å². The number of rotatable bonds is 6. The van der Waals surface area contributed by atoms with E-state index in [1.807, 2.05) is 32.9 Å². The van der Waals surface area contributed by atoms with E-state index < -0.39 is 5.60 Å². The summed E-state index contributed by atoms with van der Waals surface area (Å²) >= 11 is 0. The number of carbonyl (C=O) groups is 1. The van der Waals surface area contributed by atoms with Crippen molar-refractivity contribution in [1.29, 1.82) is 0 Å². The summed E-state index contributed by atoms with van der Waals surface area (Å²) in [5, 5.41) is 3.94. The first-order valence-corrected chi connectivity index (χ1v) is 12.7. The zero-order valence-corrected chi connectivity index (χ0v) is 20.4. The Bertz CT molecular complexity index is 985. The van der Waals surface area contributed by atoms with Crippen LogP contribution in [0.2, 0.25) is 0 Å². The molecule has 1 saturated carbocycles. The van der Waals surface area contributed by atoms with Crippen LogP contribution in [0.4, 0.5) is 0 Å². The molecule has 2 aliphatic carbocycles. The van der Waals surface area contributed by atoms with Crippen LogP contribution in [0.3, 0.4) is 0 Å². The van der Waals surface area contributed by atoms with E-state index in [9.17, 15) is 4.79 Å². The number of benzene rings is 2. The number of ether oxygens (including phenoxy) is 1. The summed E-state index contributed by atoms with van der Waals surface area (Å²) in [5.74, 6) is 0.533. The van der Waals surface area contributed by atoms with E-state index >= 15 is 0 Å². The van der Waals surface area contributed by atoms with Gasteiger partial charge in [0, 0.05) is 18.0 Å². The van der Waals surface area contributed by atoms with Crippen molar-refractivity contribution in [2.75, 3.05) is 19.6 Å². The third-order valence-electron chi connectivity index (χ3n) is 7.82. The number of likely N-dealkylation sites (tertiary alicyclic amines) is 1. The SMILES string of the molecule is CC(C)(C)OC(=O)c1ccc(CN2CCC(CNC3CC34CCc3ccccc34)CC2)cc1. The van der Waals surface area contributed by atoms with Crippen molar-refractivity contribution in [3.63, 3.8) is 0 Å². The molecular weight excluding hydrogens is 408 g/mol. The standard InChI is InChI=1S/C29H38N2O2/c1-28(2,3)33-27(32)24-10-8-22(9-11-24)20-31-16-13-21(14-17-31)19-30-26-18-29(26)15-12-23-6-4-5-7-25(23)29/h4-11,21,26,30H,12-20H2,1-3H3. The Morgan fingerprint density at radius 1 is 1.09 bits per heavy atom. The number of carbonyl (C=O) groups excluding carboxylic acids is 1. The van der Waals surface area contributed by atoms with E-state index in [4.69, 9.17) is 4.74 Å². The number of nitrogens with one attached hydrogen (secondary N) is 1. The van der Waals surface area contributed by atoms with Crippen molar-refractivity contribution >= 4 is 5.97 Å². The molecule has 0 bridgehead atoms. The highest BCUT2D eigenvalue weighted by atomic mass is 16.6. The molecule has 0 amide bonds. The van der Waals surface area contributed by atoms with Crippen molar-refractivity contribution < 1.29 is 9.53 Å². The summed E-state index contributed by atoms with van der Waals surface area (Å²) in [6.45, 7) is 10.1. The van der Waals surface area contributed by atoms with Gasteiger partial charge < -0.3 is 10.1 Å². The average Bonchev–Trinajstić information content (AvgIpc) is 3.38. The van der Waals surface area contributed by atoms with Crippen LogP contribution in [-0.4, -0.2) is 42.1 Å². The quantitative estimate of drug-likeness (QED) is 0.627. The lowest BCUT2D eigenvalue weighted by Crippen LogP contribution is -2.38. The zero-order chi connectivity index (χ0) is 23.1. The van der Waals surface area contributed by atoms with Gasteiger partial charge in [-0.1, -0.05) is 36.4 Å². The van der Waals surface area contributed by atoms with Gasteiger partial charge in [0.2, 0.25) is 0 Å². The highest BCUT2D eigenvalue weighted by Crippen LogP contribution is 2.56.